The highest BCUT2D eigenvalue weighted by Crippen LogP contribution is 2.44. The largest absolute Gasteiger partial charge is 0.478 e. The van der Waals surface area contributed by atoms with Gasteiger partial charge in [0.25, 0.3) is 0 Å². The van der Waals surface area contributed by atoms with Crippen molar-refractivity contribution in [3.63, 3.8) is 0 Å². The third kappa shape index (κ3) is 5.54. The van der Waals surface area contributed by atoms with Crippen LogP contribution in [0.25, 0.3) is 17.2 Å². The second-order valence-corrected chi connectivity index (χ2v) is 8.09. The number of aromatic carboxylic acids is 1. The predicted octanol–water partition coefficient (Wildman–Crippen LogP) is 6.35. The quantitative estimate of drug-likeness (QED) is 0.386. The molecule has 2 N–H and O–H groups in total. The van der Waals surface area contributed by atoms with Gasteiger partial charge in [-0.25, -0.2) is 9.59 Å². The first-order valence-electron chi connectivity index (χ1n) is 10.9. The number of alkyl halides is 3. The van der Waals surface area contributed by atoms with Crippen molar-refractivity contribution in [3.8, 4) is 11.1 Å². The number of benzene rings is 3. The summed E-state index contributed by atoms with van der Waals surface area (Å²) in [6.07, 6.45) is -1.97. The Bertz CT molecular complexity index is 1240. The molecule has 1 aliphatic rings. The summed E-state index contributed by atoms with van der Waals surface area (Å²) < 4.78 is 44.5. The van der Waals surface area contributed by atoms with Crippen molar-refractivity contribution in [2.75, 3.05) is 13.2 Å². The number of carboxylic acids is 1. The van der Waals surface area contributed by atoms with Gasteiger partial charge in [0.05, 0.1) is 11.1 Å². The van der Waals surface area contributed by atoms with Gasteiger partial charge in [0, 0.05) is 12.5 Å². The molecule has 0 unspecified atom stereocenters. The number of nitrogens with one attached hydrogen (secondary N) is 1. The Kier molecular flexibility index (Phi) is 6.91. The number of carbonyl (C=O) groups excluding carboxylic acids is 1. The maximum absolute atomic E-state index is 13.0. The molecule has 0 aliphatic heterocycles. The molecule has 0 aromatic heterocycles. The molecule has 180 valence electrons. The van der Waals surface area contributed by atoms with Crippen LogP contribution in [-0.2, 0) is 10.9 Å². The fraction of sp³-hybridized carbons (Fsp3) is 0.185. The zero-order valence-corrected chi connectivity index (χ0v) is 18.5. The van der Waals surface area contributed by atoms with Crippen molar-refractivity contribution >= 4 is 18.1 Å². The van der Waals surface area contributed by atoms with Crippen molar-refractivity contribution in [1.82, 2.24) is 5.32 Å². The van der Waals surface area contributed by atoms with Crippen LogP contribution in [0, 0.1) is 0 Å². The van der Waals surface area contributed by atoms with Gasteiger partial charge in [-0.15, -0.1) is 0 Å². The monoisotopic (exact) mass is 481 g/mol. The summed E-state index contributed by atoms with van der Waals surface area (Å²) in [6.45, 7) is 0.385. The minimum Gasteiger partial charge on any atom is -0.478 e. The van der Waals surface area contributed by atoms with Crippen LogP contribution in [0.2, 0.25) is 0 Å². The topological polar surface area (TPSA) is 75.6 Å². The fourth-order valence-corrected chi connectivity index (χ4v) is 4.16. The summed E-state index contributed by atoms with van der Waals surface area (Å²) in [5.41, 5.74) is 3.09. The van der Waals surface area contributed by atoms with Crippen LogP contribution in [0.5, 0.6) is 0 Å². The lowest BCUT2D eigenvalue weighted by atomic mass is 9.98. The summed E-state index contributed by atoms with van der Waals surface area (Å²) in [5.74, 6) is -1.50. The van der Waals surface area contributed by atoms with Crippen LogP contribution in [0.1, 0.15) is 45.0 Å². The van der Waals surface area contributed by atoms with Crippen LogP contribution in [-0.4, -0.2) is 30.3 Å². The maximum atomic E-state index is 13.0. The average molecular weight is 481 g/mol. The Morgan fingerprint density at radius 3 is 2.20 bits per heavy atom. The molecule has 1 aliphatic carbocycles. The average Bonchev–Trinajstić information content (AvgIpc) is 3.15. The van der Waals surface area contributed by atoms with Crippen molar-refractivity contribution in [3.05, 3.63) is 101 Å². The molecule has 4 rings (SSSR count). The zero-order chi connectivity index (χ0) is 25.0. The molecule has 0 atom stereocenters. The van der Waals surface area contributed by atoms with E-state index in [1.54, 1.807) is 6.08 Å². The lowest BCUT2D eigenvalue weighted by molar-refractivity contribution is -0.137. The van der Waals surface area contributed by atoms with E-state index in [0.717, 1.165) is 34.4 Å². The van der Waals surface area contributed by atoms with E-state index in [1.165, 1.54) is 6.08 Å². The first-order valence-corrected chi connectivity index (χ1v) is 10.9. The number of halogens is 3. The van der Waals surface area contributed by atoms with Gasteiger partial charge in [-0.3, -0.25) is 0 Å². The van der Waals surface area contributed by atoms with E-state index in [-0.39, 0.29) is 24.6 Å². The van der Waals surface area contributed by atoms with Gasteiger partial charge in [-0.2, -0.15) is 13.2 Å². The van der Waals surface area contributed by atoms with Crippen molar-refractivity contribution in [2.45, 2.75) is 18.5 Å². The van der Waals surface area contributed by atoms with Crippen LogP contribution < -0.4 is 5.32 Å². The highest BCUT2D eigenvalue weighted by molar-refractivity contribution is 5.88. The molecule has 5 nitrogen and oxygen atoms in total. The second kappa shape index (κ2) is 10.0. The number of hydrogen-bond acceptors (Lipinski definition) is 3. The molecule has 8 heteroatoms. The SMILES string of the molecule is O=C(NCCC=Cc1cc(C(=O)O)cc(C(F)(F)F)c1)OCC1c2ccccc2-c2ccccc21. The maximum Gasteiger partial charge on any atom is 0.416 e. The Labute approximate surface area is 199 Å². The molecule has 3 aromatic carbocycles. The van der Waals surface area contributed by atoms with Crippen molar-refractivity contribution in [1.29, 1.82) is 0 Å². The Morgan fingerprint density at radius 1 is 0.971 bits per heavy atom. The molecule has 0 radical (unpaired) electrons. The zero-order valence-electron chi connectivity index (χ0n) is 18.5. The molecule has 0 saturated heterocycles. The van der Waals surface area contributed by atoms with E-state index >= 15 is 0 Å². The minimum absolute atomic E-state index is 0.0580. The number of rotatable bonds is 7. The lowest BCUT2D eigenvalue weighted by Crippen LogP contribution is -2.26. The number of carbonyl (C=O) groups is 2. The lowest BCUT2D eigenvalue weighted by Gasteiger charge is -2.14. The Morgan fingerprint density at radius 2 is 1.60 bits per heavy atom. The van der Waals surface area contributed by atoms with Gasteiger partial charge in [0.1, 0.15) is 6.61 Å². The van der Waals surface area contributed by atoms with E-state index in [9.17, 15) is 22.8 Å². The van der Waals surface area contributed by atoms with Gasteiger partial charge >= 0.3 is 18.2 Å². The van der Waals surface area contributed by atoms with E-state index < -0.39 is 29.4 Å². The number of alkyl carbamates (subject to hydrolysis) is 1. The third-order valence-electron chi connectivity index (χ3n) is 5.76. The summed E-state index contributed by atoms with van der Waals surface area (Å²) in [5, 5.41) is 11.7. The summed E-state index contributed by atoms with van der Waals surface area (Å²) in [7, 11) is 0. The molecule has 0 heterocycles. The standard InChI is InChI=1S/C27H22F3NO4/c28-27(29,30)19-14-17(13-18(15-19)25(32)33)7-5-6-12-31-26(34)35-16-24-22-10-3-1-8-20(22)21-9-2-4-11-23(21)24/h1-5,7-11,13-15,24H,6,12,16H2,(H,31,34)(H,32,33). The predicted molar refractivity (Wildman–Crippen MR) is 125 cm³/mol. The third-order valence-corrected chi connectivity index (χ3v) is 5.76. The fourth-order valence-electron chi connectivity index (χ4n) is 4.16. The van der Waals surface area contributed by atoms with Gasteiger partial charge in [-0.05, 0) is 52.4 Å². The molecule has 1 amide bonds. The van der Waals surface area contributed by atoms with Crippen LogP contribution in [0.15, 0.2) is 72.8 Å². The van der Waals surface area contributed by atoms with Gasteiger partial charge in [-0.1, -0.05) is 60.7 Å². The molecule has 0 saturated carbocycles. The molecule has 0 spiro atoms. The van der Waals surface area contributed by atoms with Gasteiger partial charge in [0.15, 0.2) is 0 Å². The van der Waals surface area contributed by atoms with E-state index in [0.29, 0.717) is 12.5 Å². The molecular formula is C27H22F3NO4. The number of hydrogen-bond donors (Lipinski definition) is 2. The van der Waals surface area contributed by atoms with E-state index in [1.807, 2.05) is 48.5 Å². The molecule has 35 heavy (non-hydrogen) atoms. The Hall–Kier alpha value is -4.07. The summed E-state index contributed by atoms with van der Waals surface area (Å²) in [4.78, 5) is 23.3. The smallest absolute Gasteiger partial charge is 0.416 e. The van der Waals surface area contributed by atoms with Gasteiger partial charge in [0.2, 0.25) is 0 Å². The number of amides is 1. The normalized spacial score (nSPS) is 12.9. The highest BCUT2D eigenvalue weighted by Gasteiger charge is 2.32. The van der Waals surface area contributed by atoms with Crippen LogP contribution in [0.4, 0.5) is 18.0 Å². The van der Waals surface area contributed by atoms with Crippen LogP contribution in [0.3, 0.4) is 0 Å². The molecule has 0 fully saturated rings. The molecular weight excluding hydrogens is 459 g/mol. The van der Waals surface area contributed by atoms with Crippen molar-refractivity contribution < 1.29 is 32.6 Å². The van der Waals surface area contributed by atoms with E-state index in [4.69, 9.17) is 9.84 Å². The second-order valence-electron chi connectivity index (χ2n) is 8.09. The number of ether oxygens (including phenoxy) is 1. The minimum atomic E-state index is -4.65. The highest BCUT2D eigenvalue weighted by atomic mass is 19.4. The number of carboxylic acid groups (broad SMARTS) is 1. The van der Waals surface area contributed by atoms with Gasteiger partial charge < -0.3 is 15.2 Å². The Balaban J connectivity index is 1.30. The molecule has 0 bridgehead atoms. The summed E-state index contributed by atoms with van der Waals surface area (Å²) in [6, 6.07) is 18.6. The molecule has 3 aromatic rings. The first-order chi connectivity index (χ1) is 16.7. The number of fused-ring (bicyclic) bond motifs is 3. The van der Waals surface area contributed by atoms with Crippen LogP contribution >= 0.6 is 0 Å². The van der Waals surface area contributed by atoms with E-state index in [2.05, 4.69) is 5.32 Å². The first kappa shape index (κ1) is 24.1. The summed E-state index contributed by atoms with van der Waals surface area (Å²) >= 11 is 0. The van der Waals surface area contributed by atoms with Crippen molar-refractivity contribution in [2.24, 2.45) is 0 Å².